The van der Waals surface area contributed by atoms with E-state index in [1.807, 2.05) is 18.2 Å². The van der Waals surface area contributed by atoms with Gasteiger partial charge in [-0.3, -0.25) is 0 Å². The predicted octanol–water partition coefficient (Wildman–Crippen LogP) is 5.32. The van der Waals surface area contributed by atoms with E-state index >= 15 is 0 Å². The van der Waals surface area contributed by atoms with E-state index < -0.39 is 0 Å². The van der Waals surface area contributed by atoms with Gasteiger partial charge in [0.15, 0.2) is 0 Å². The van der Waals surface area contributed by atoms with Gasteiger partial charge in [-0.1, -0.05) is 54.1 Å². The van der Waals surface area contributed by atoms with Crippen LogP contribution in [0.5, 0.6) is 0 Å². The molecule has 1 saturated carbocycles. The summed E-state index contributed by atoms with van der Waals surface area (Å²) in [5.74, 6) is 1.42. The molecule has 5 nitrogen and oxygen atoms in total. The number of pyridine rings is 1. The van der Waals surface area contributed by atoms with Crippen LogP contribution in [0.1, 0.15) is 60.6 Å². The molecule has 7 N–H and O–H groups in total. The van der Waals surface area contributed by atoms with E-state index in [9.17, 15) is 0 Å². The Balaban J connectivity index is 1.39. The average Bonchev–Trinajstić information content (AvgIpc) is 2.80. The first-order valence-corrected chi connectivity index (χ1v) is 11.7. The summed E-state index contributed by atoms with van der Waals surface area (Å²) in [6, 6.07) is 21.1. The molecule has 4 rings (SSSR count). The molecule has 0 radical (unpaired) electrons. The van der Waals surface area contributed by atoms with Crippen LogP contribution in [-0.4, -0.2) is 17.6 Å². The van der Waals surface area contributed by atoms with Crippen molar-refractivity contribution < 1.29 is 0 Å². The van der Waals surface area contributed by atoms with Gasteiger partial charge in [0, 0.05) is 17.0 Å². The topological polar surface area (TPSA) is 103 Å². The summed E-state index contributed by atoms with van der Waals surface area (Å²) in [4.78, 5) is 4.11. The Morgan fingerprint density at radius 3 is 2.41 bits per heavy atom. The largest absolute Gasteiger partial charge is 0.396 e. The zero-order chi connectivity index (χ0) is 22.5. The molecule has 0 bridgehead atoms. The van der Waals surface area contributed by atoms with Crippen molar-refractivity contribution in [2.45, 2.75) is 50.0 Å². The van der Waals surface area contributed by atoms with Crippen molar-refractivity contribution >= 4 is 28.9 Å². The Morgan fingerprint density at radius 1 is 0.938 bits per heavy atom. The molecule has 1 atom stereocenters. The lowest BCUT2D eigenvalue weighted by molar-refractivity contribution is 0.340. The molecular formula is C26H32ClN5. The minimum absolute atomic E-state index is 0.110. The second kappa shape index (κ2) is 10.2. The molecule has 1 aromatic heterocycles. The van der Waals surface area contributed by atoms with Crippen molar-refractivity contribution in [3.63, 3.8) is 0 Å². The summed E-state index contributed by atoms with van der Waals surface area (Å²) in [7, 11) is 0. The van der Waals surface area contributed by atoms with Gasteiger partial charge >= 0.3 is 0 Å². The predicted molar refractivity (Wildman–Crippen MR) is 135 cm³/mol. The van der Waals surface area contributed by atoms with Gasteiger partial charge in [-0.05, 0) is 79.5 Å². The smallest absolute Gasteiger partial charge is 0.149 e. The normalized spacial score (nSPS) is 19.5. The van der Waals surface area contributed by atoms with E-state index in [-0.39, 0.29) is 5.92 Å². The lowest BCUT2D eigenvalue weighted by Gasteiger charge is -2.30. The van der Waals surface area contributed by atoms with Crippen LogP contribution in [-0.2, 0) is 0 Å². The Labute approximate surface area is 195 Å². The molecule has 1 aliphatic carbocycles. The molecule has 1 unspecified atom stereocenters. The zero-order valence-electron chi connectivity index (χ0n) is 18.3. The van der Waals surface area contributed by atoms with Gasteiger partial charge in [0.25, 0.3) is 0 Å². The van der Waals surface area contributed by atoms with Crippen LogP contribution in [0.4, 0.5) is 17.3 Å². The van der Waals surface area contributed by atoms with Crippen LogP contribution >= 0.6 is 11.6 Å². The first-order chi connectivity index (χ1) is 15.5. The number of aromatic nitrogens is 1. The van der Waals surface area contributed by atoms with E-state index in [2.05, 4.69) is 52.8 Å². The van der Waals surface area contributed by atoms with Crippen LogP contribution in [0.3, 0.4) is 0 Å². The Kier molecular flexibility index (Phi) is 7.18. The van der Waals surface area contributed by atoms with Gasteiger partial charge in [-0.25, -0.2) is 4.98 Å². The number of nitrogens with one attached hydrogen (secondary N) is 1. The summed E-state index contributed by atoms with van der Waals surface area (Å²) >= 11 is 6.18. The van der Waals surface area contributed by atoms with E-state index in [0.29, 0.717) is 29.3 Å². The molecule has 0 spiro atoms. The Morgan fingerprint density at radius 2 is 1.69 bits per heavy atom. The summed E-state index contributed by atoms with van der Waals surface area (Å²) in [5, 5.41) is 4.60. The monoisotopic (exact) mass is 449 g/mol. The SMILES string of the molecule is Nc1cc(C(CCNC2CCC(c3cccc(Cl)c3)CC2)c2ccccc2)c(N)c(N)n1. The lowest BCUT2D eigenvalue weighted by atomic mass is 9.81. The van der Waals surface area contributed by atoms with Crippen LogP contribution in [0, 0.1) is 0 Å². The minimum Gasteiger partial charge on any atom is -0.396 e. The van der Waals surface area contributed by atoms with Crippen molar-refractivity contribution in [3.05, 3.63) is 82.4 Å². The Hall–Kier alpha value is -2.76. The van der Waals surface area contributed by atoms with E-state index in [1.54, 1.807) is 0 Å². The molecule has 168 valence electrons. The highest BCUT2D eigenvalue weighted by atomic mass is 35.5. The number of benzene rings is 2. The summed E-state index contributed by atoms with van der Waals surface area (Å²) in [6.45, 7) is 0.896. The van der Waals surface area contributed by atoms with Crippen molar-refractivity contribution in [2.75, 3.05) is 23.7 Å². The highest BCUT2D eigenvalue weighted by Gasteiger charge is 2.24. The number of hydrogen-bond acceptors (Lipinski definition) is 5. The molecular weight excluding hydrogens is 418 g/mol. The third-order valence-corrected chi connectivity index (χ3v) is 6.87. The standard InChI is InChI=1S/C26H32ClN5/c27-20-8-4-7-19(15-20)17-9-11-21(12-10-17)31-14-13-22(18-5-2-1-3-6-18)23-16-24(28)32-26(30)25(23)29/h1-8,15-17,21-22,31H,9-14,29H2,(H4,28,30,32). The fourth-order valence-electron chi connectivity index (χ4n) is 4.92. The van der Waals surface area contributed by atoms with Crippen molar-refractivity contribution in [1.29, 1.82) is 0 Å². The molecule has 2 aromatic carbocycles. The first kappa shape index (κ1) is 22.4. The van der Waals surface area contributed by atoms with Crippen LogP contribution in [0.15, 0.2) is 60.7 Å². The summed E-state index contributed by atoms with van der Waals surface area (Å²) in [6.07, 6.45) is 5.62. The summed E-state index contributed by atoms with van der Waals surface area (Å²) in [5.41, 5.74) is 22.4. The molecule has 0 aliphatic heterocycles. The number of nitrogens with two attached hydrogens (primary N) is 3. The quantitative estimate of drug-likeness (QED) is 0.391. The number of anilines is 3. The molecule has 0 amide bonds. The van der Waals surface area contributed by atoms with Gasteiger partial charge < -0.3 is 22.5 Å². The van der Waals surface area contributed by atoms with Crippen molar-refractivity contribution in [1.82, 2.24) is 10.3 Å². The van der Waals surface area contributed by atoms with E-state index in [1.165, 1.54) is 36.8 Å². The maximum absolute atomic E-state index is 6.31. The van der Waals surface area contributed by atoms with Crippen molar-refractivity contribution in [2.24, 2.45) is 0 Å². The van der Waals surface area contributed by atoms with Gasteiger partial charge in [0.05, 0.1) is 5.69 Å². The lowest BCUT2D eigenvalue weighted by Crippen LogP contribution is -2.34. The molecule has 6 heteroatoms. The number of hydrogen-bond donors (Lipinski definition) is 4. The maximum atomic E-state index is 6.31. The molecule has 1 aliphatic rings. The van der Waals surface area contributed by atoms with Crippen LogP contribution in [0.2, 0.25) is 5.02 Å². The minimum atomic E-state index is 0.110. The Bertz CT molecular complexity index is 1030. The third-order valence-electron chi connectivity index (χ3n) is 6.63. The molecule has 3 aromatic rings. The van der Waals surface area contributed by atoms with Gasteiger partial charge in [0.2, 0.25) is 0 Å². The summed E-state index contributed by atoms with van der Waals surface area (Å²) < 4.78 is 0. The van der Waals surface area contributed by atoms with Crippen LogP contribution < -0.4 is 22.5 Å². The fraction of sp³-hybridized carbons (Fsp3) is 0.346. The van der Waals surface area contributed by atoms with Gasteiger partial charge in [-0.15, -0.1) is 0 Å². The molecule has 1 heterocycles. The first-order valence-electron chi connectivity index (χ1n) is 11.4. The highest BCUT2D eigenvalue weighted by molar-refractivity contribution is 6.30. The van der Waals surface area contributed by atoms with E-state index in [4.69, 9.17) is 28.8 Å². The second-order valence-corrected chi connectivity index (χ2v) is 9.18. The zero-order valence-corrected chi connectivity index (χ0v) is 19.1. The number of halogens is 1. The molecule has 1 fully saturated rings. The molecule has 0 saturated heterocycles. The fourth-order valence-corrected chi connectivity index (χ4v) is 5.11. The van der Waals surface area contributed by atoms with E-state index in [0.717, 1.165) is 23.6 Å². The third kappa shape index (κ3) is 5.34. The average molecular weight is 450 g/mol. The van der Waals surface area contributed by atoms with Crippen LogP contribution in [0.25, 0.3) is 0 Å². The van der Waals surface area contributed by atoms with Gasteiger partial charge in [-0.2, -0.15) is 0 Å². The molecule has 32 heavy (non-hydrogen) atoms. The van der Waals surface area contributed by atoms with Crippen molar-refractivity contribution in [3.8, 4) is 0 Å². The second-order valence-electron chi connectivity index (χ2n) is 8.74. The maximum Gasteiger partial charge on any atom is 0.149 e. The number of rotatable bonds is 7. The number of nitrogen functional groups attached to an aromatic ring is 3. The highest BCUT2D eigenvalue weighted by Crippen LogP contribution is 2.36. The number of nitrogens with zero attached hydrogens (tertiary/aromatic N) is 1. The van der Waals surface area contributed by atoms with Gasteiger partial charge in [0.1, 0.15) is 11.6 Å².